The Bertz CT molecular complexity index is 398. The second-order valence-corrected chi connectivity index (χ2v) is 6.19. The van der Waals surface area contributed by atoms with Crippen LogP contribution in [-0.2, 0) is 6.42 Å². The van der Waals surface area contributed by atoms with Gasteiger partial charge in [0.05, 0.1) is 0 Å². The molecule has 1 aromatic rings. The number of nitrogens with zero attached hydrogens (tertiary/aromatic N) is 1. The smallest absolute Gasteiger partial charge is 0.0320 e. The summed E-state index contributed by atoms with van der Waals surface area (Å²) in [6.45, 7) is 8.29. The molecule has 1 aromatic carbocycles. The Morgan fingerprint density at radius 3 is 2.74 bits per heavy atom. The summed E-state index contributed by atoms with van der Waals surface area (Å²) in [5.74, 6) is 0.881. The molecule has 0 aliphatic carbocycles. The van der Waals surface area contributed by atoms with Crippen molar-refractivity contribution in [2.24, 2.45) is 5.92 Å². The standard InChI is InChI=1S/C17H26N2/c1-3-14-6-8-15(9-7-14)13(2)19-11-16-5-4-10-18-17(16)12-19/h6-9,13,16-18H,3-5,10-12H2,1-2H3/t13?,16-,17+/m0/s1. The van der Waals surface area contributed by atoms with Gasteiger partial charge in [-0.3, -0.25) is 4.90 Å². The fourth-order valence-electron chi connectivity index (χ4n) is 3.64. The Labute approximate surface area is 117 Å². The van der Waals surface area contributed by atoms with Gasteiger partial charge in [-0.2, -0.15) is 0 Å². The second kappa shape index (κ2) is 5.64. The van der Waals surface area contributed by atoms with Crippen LogP contribution < -0.4 is 5.32 Å². The highest BCUT2D eigenvalue weighted by atomic mass is 15.2. The van der Waals surface area contributed by atoms with Crippen LogP contribution in [0.1, 0.15) is 43.9 Å². The number of likely N-dealkylation sites (tertiary alicyclic amines) is 1. The van der Waals surface area contributed by atoms with Gasteiger partial charge in [0, 0.05) is 25.2 Å². The van der Waals surface area contributed by atoms with Crippen LogP contribution in [0.25, 0.3) is 0 Å². The number of hydrogen-bond donors (Lipinski definition) is 1. The molecule has 0 spiro atoms. The Morgan fingerprint density at radius 1 is 1.26 bits per heavy atom. The van der Waals surface area contributed by atoms with Crippen LogP contribution >= 0.6 is 0 Å². The van der Waals surface area contributed by atoms with Crippen molar-refractivity contribution in [1.82, 2.24) is 10.2 Å². The van der Waals surface area contributed by atoms with Gasteiger partial charge < -0.3 is 5.32 Å². The van der Waals surface area contributed by atoms with Gasteiger partial charge in [0.1, 0.15) is 0 Å². The number of aryl methyl sites for hydroxylation is 1. The minimum atomic E-state index is 0.554. The second-order valence-electron chi connectivity index (χ2n) is 6.19. The summed E-state index contributed by atoms with van der Waals surface area (Å²) in [7, 11) is 0. The van der Waals surface area contributed by atoms with Crippen LogP contribution in [-0.4, -0.2) is 30.6 Å². The third kappa shape index (κ3) is 2.70. The predicted molar refractivity (Wildman–Crippen MR) is 80.3 cm³/mol. The van der Waals surface area contributed by atoms with Crippen LogP contribution in [0, 0.1) is 5.92 Å². The van der Waals surface area contributed by atoms with Gasteiger partial charge in [-0.1, -0.05) is 31.2 Å². The van der Waals surface area contributed by atoms with E-state index in [1.54, 1.807) is 0 Å². The first-order valence-corrected chi connectivity index (χ1v) is 7.84. The lowest BCUT2D eigenvalue weighted by Gasteiger charge is -2.25. The van der Waals surface area contributed by atoms with Gasteiger partial charge in [0.15, 0.2) is 0 Å². The summed E-state index contributed by atoms with van der Waals surface area (Å²) in [5.41, 5.74) is 2.91. The molecule has 2 aliphatic rings. The number of hydrogen-bond acceptors (Lipinski definition) is 2. The number of piperidine rings is 1. The van der Waals surface area contributed by atoms with Gasteiger partial charge in [-0.15, -0.1) is 0 Å². The first-order valence-electron chi connectivity index (χ1n) is 7.84. The summed E-state index contributed by atoms with van der Waals surface area (Å²) in [6.07, 6.45) is 3.90. The molecule has 2 fully saturated rings. The van der Waals surface area contributed by atoms with E-state index < -0.39 is 0 Å². The van der Waals surface area contributed by atoms with Gasteiger partial charge in [0.25, 0.3) is 0 Å². The Morgan fingerprint density at radius 2 is 2.05 bits per heavy atom. The number of benzene rings is 1. The molecule has 2 aliphatic heterocycles. The SMILES string of the molecule is CCc1ccc(C(C)N2C[C@@H]3CCCN[C@@H]3C2)cc1. The van der Waals surface area contributed by atoms with E-state index in [0.717, 1.165) is 18.4 Å². The summed E-state index contributed by atoms with van der Waals surface area (Å²) in [4.78, 5) is 2.66. The van der Waals surface area contributed by atoms with Crippen molar-refractivity contribution >= 4 is 0 Å². The molecular weight excluding hydrogens is 232 g/mol. The van der Waals surface area contributed by atoms with E-state index in [4.69, 9.17) is 0 Å². The summed E-state index contributed by atoms with van der Waals surface area (Å²) in [5, 5.41) is 3.69. The zero-order valence-electron chi connectivity index (χ0n) is 12.2. The molecule has 2 heteroatoms. The number of nitrogens with one attached hydrogen (secondary N) is 1. The molecule has 0 bridgehead atoms. The highest BCUT2D eigenvalue weighted by molar-refractivity contribution is 5.25. The lowest BCUT2D eigenvalue weighted by Crippen LogP contribution is -2.40. The highest BCUT2D eigenvalue weighted by Gasteiger charge is 2.36. The molecular formula is C17H26N2. The van der Waals surface area contributed by atoms with Gasteiger partial charge in [-0.25, -0.2) is 0 Å². The first kappa shape index (κ1) is 13.1. The molecule has 2 nitrogen and oxygen atoms in total. The highest BCUT2D eigenvalue weighted by Crippen LogP contribution is 2.31. The van der Waals surface area contributed by atoms with E-state index in [0.29, 0.717) is 6.04 Å². The summed E-state index contributed by atoms with van der Waals surface area (Å²) in [6, 6.07) is 10.5. The summed E-state index contributed by atoms with van der Waals surface area (Å²) >= 11 is 0. The van der Waals surface area contributed by atoms with Gasteiger partial charge >= 0.3 is 0 Å². The van der Waals surface area contributed by atoms with Crippen LogP contribution in [0.15, 0.2) is 24.3 Å². The van der Waals surface area contributed by atoms with Crippen molar-refractivity contribution < 1.29 is 0 Å². The van der Waals surface area contributed by atoms with Crippen molar-refractivity contribution in [3.63, 3.8) is 0 Å². The molecule has 0 radical (unpaired) electrons. The molecule has 104 valence electrons. The topological polar surface area (TPSA) is 15.3 Å². The lowest BCUT2D eigenvalue weighted by molar-refractivity contribution is 0.251. The average Bonchev–Trinajstić information content (AvgIpc) is 2.90. The maximum Gasteiger partial charge on any atom is 0.0320 e. The normalized spacial score (nSPS) is 29.2. The molecule has 19 heavy (non-hydrogen) atoms. The Hall–Kier alpha value is -0.860. The summed E-state index contributed by atoms with van der Waals surface area (Å²) < 4.78 is 0. The third-order valence-electron chi connectivity index (χ3n) is 5.05. The van der Waals surface area contributed by atoms with E-state index in [1.165, 1.54) is 43.6 Å². The Balaban J connectivity index is 1.68. The van der Waals surface area contributed by atoms with E-state index >= 15 is 0 Å². The van der Waals surface area contributed by atoms with Crippen LogP contribution in [0.5, 0.6) is 0 Å². The van der Waals surface area contributed by atoms with E-state index in [1.807, 2.05) is 0 Å². The molecule has 3 rings (SSSR count). The minimum Gasteiger partial charge on any atom is -0.312 e. The van der Waals surface area contributed by atoms with E-state index in [2.05, 4.69) is 48.3 Å². The molecule has 0 amide bonds. The monoisotopic (exact) mass is 258 g/mol. The van der Waals surface area contributed by atoms with E-state index in [-0.39, 0.29) is 0 Å². The maximum absolute atomic E-state index is 3.69. The first-order chi connectivity index (χ1) is 9.28. The predicted octanol–water partition coefficient (Wildman–Crippen LogP) is 2.99. The van der Waals surface area contributed by atoms with Crippen LogP contribution in [0.3, 0.4) is 0 Å². The lowest BCUT2D eigenvalue weighted by atomic mass is 9.94. The zero-order valence-corrected chi connectivity index (χ0v) is 12.2. The van der Waals surface area contributed by atoms with Gasteiger partial charge in [-0.05, 0) is 49.8 Å². The number of rotatable bonds is 3. The molecule has 2 saturated heterocycles. The maximum atomic E-state index is 3.69. The molecule has 1 N–H and O–H groups in total. The fraction of sp³-hybridized carbons (Fsp3) is 0.647. The molecule has 3 atom stereocenters. The van der Waals surface area contributed by atoms with Gasteiger partial charge in [0.2, 0.25) is 0 Å². The van der Waals surface area contributed by atoms with Crippen molar-refractivity contribution in [1.29, 1.82) is 0 Å². The molecule has 2 heterocycles. The Kier molecular flexibility index (Phi) is 3.90. The average molecular weight is 258 g/mol. The fourth-order valence-corrected chi connectivity index (χ4v) is 3.64. The largest absolute Gasteiger partial charge is 0.312 e. The molecule has 0 saturated carbocycles. The zero-order chi connectivity index (χ0) is 13.2. The van der Waals surface area contributed by atoms with Crippen molar-refractivity contribution in [3.8, 4) is 0 Å². The number of fused-ring (bicyclic) bond motifs is 1. The van der Waals surface area contributed by atoms with Crippen molar-refractivity contribution in [3.05, 3.63) is 35.4 Å². The van der Waals surface area contributed by atoms with Crippen molar-refractivity contribution in [2.45, 2.75) is 45.2 Å². The van der Waals surface area contributed by atoms with E-state index in [9.17, 15) is 0 Å². The third-order valence-corrected chi connectivity index (χ3v) is 5.05. The molecule has 0 aromatic heterocycles. The van der Waals surface area contributed by atoms with Crippen LogP contribution in [0.4, 0.5) is 0 Å². The van der Waals surface area contributed by atoms with Crippen LogP contribution in [0.2, 0.25) is 0 Å². The minimum absolute atomic E-state index is 0.554. The quantitative estimate of drug-likeness (QED) is 0.896. The molecule has 1 unspecified atom stereocenters. The van der Waals surface area contributed by atoms with Crippen molar-refractivity contribution in [2.75, 3.05) is 19.6 Å².